The molecule has 0 amide bonds. The van der Waals surface area contributed by atoms with E-state index in [1.54, 1.807) is 6.07 Å². The van der Waals surface area contributed by atoms with Gasteiger partial charge >= 0.3 is 0 Å². The molecule has 0 saturated carbocycles. The van der Waals surface area contributed by atoms with Crippen LogP contribution >= 0.6 is 0 Å². The van der Waals surface area contributed by atoms with Crippen molar-refractivity contribution in [1.82, 2.24) is 5.43 Å². The van der Waals surface area contributed by atoms with Gasteiger partial charge in [0.2, 0.25) is 0 Å². The van der Waals surface area contributed by atoms with Crippen LogP contribution < -0.4 is 11.3 Å². The first kappa shape index (κ1) is 14.2. The average molecular weight is 284 g/mol. The quantitative estimate of drug-likeness (QED) is 0.654. The van der Waals surface area contributed by atoms with Crippen molar-refractivity contribution in [3.63, 3.8) is 0 Å². The average Bonchev–Trinajstić information content (AvgIpc) is 2.96. The summed E-state index contributed by atoms with van der Waals surface area (Å²) in [5.74, 6) is 5.50. The molecule has 0 spiro atoms. The number of rotatable bonds is 5. The fourth-order valence-electron chi connectivity index (χ4n) is 3.16. The van der Waals surface area contributed by atoms with Crippen molar-refractivity contribution in [2.75, 3.05) is 0 Å². The minimum Gasteiger partial charge on any atom is -0.271 e. The van der Waals surface area contributed by atoms with Crippen LogP contribution in [0.2, 0.25) is 0 Å². The number of benzene rings is 2. The lowest BCUT2D eigenvalue weighted by atomic mass is 9.97. The molecule has 2 aromatic carbocycles. The van der Waals surface area contributed by atoms with Gasteiger partial charge in [0.05, 0.1) is 0 Å². The summed E-state index contributed by atoms with van der Waals surface area (Å²) in [6, 6.07) is 13.6. The van der Waals surface area contributed by atoms with Crippen LogP contribution in [0, 0.1) is 5.82 Å². The highest BCUT2D eigenvalue weighted by Gasteiger charge is 2.14. The first-order chi connectivity index (χ1) is 10.3. The second kappa shape index (κ2) is 6.37. The van der Waals surface area contributed by atoms with Gasteiger partial charge in [-0.3, -0.25) is 11.3 Å². The van der Waals surface area contributed by atoms with Crippen molar-refractivity contribution in [3.8, 4) is 0 Å². The van der Waals surface area contributed by atoms with Gasteiger partial charge in [0.15, 0.2) is 0 Å². The fraction of sp³-hybridized carbons (Fsp3) is 0.333. The zero-order valence-corrected chi connectivity index (χ0v) is 12.1. The SMILES string of the molecule is NNC(Cc1ccc2c(c1)CCC2)Cc1ccccc1F. The fourth-order valence-corrected chi connectivity index (χ4v) is 3.16. The van der Waals surface area contributed by atoms with Crippen molar-refractivity contribution >= 4 is 0 Å². The summed E-state index contributed by atoms with van der Waals surface area (Å²) >= 11 is 0. The minimum absolute atomic E-state index is 0.0429. The molecule has 3 rings (SSSR count). The van der Waals surface area contributed by atoms with Gasteiger partial charge in [-0.1, -0.05) is 36.4 Å². The highest BCUT2D eigenvalue weighted by atomic mass is 19.1. The summed E-state index contributed by atoms with van der Waals surface area (Å²) in [7, 11) is 0. The van der Waals surface area contributed by atoms with Crippen LogP contribution in [0.1, 0.15) is 28.7 Å². The largest absolute Gasteiger partial charge is 0.271 e. The summed E-state index contributed by atoms with van der Waals surface area (Å²) in [6.07, 6.45) is 5.05. The number of nitrogens with one attached hydrogen (secondary N) is 1. The highest BCUT2D eigenvalue weighted by molar-refractivity contribution is 5.35. The molecule has 1 aliphatic carbocycles. The van der Waals surface area contributed by atoms with Gasteiger partial charge in [-0.2, -0.15) is 0 Å². The Hall–Kier alpha value is -1.71. The smallest absolute Gasteiger partial charge is 0.126 e. The van der Waals surface area contributed by atoms with Crippen molar-refractivity contribution in [1.29, 1.82) is 0 Å². The molecule has 3 N–H and O–H groups in total. The van der Waals surface area contributed by atoms with E-state index in [0.717, 1.165) is 6.42 Å². The molecular formula is C18H21FN2. The van der Waals surface area contributed by atoms with Gasteiger partial charge in [0.25, 0.3) is 0 Å². The van der Waals surface area contributed by atoms with Gasteiger partial charge in [-0.15, -0.1) is 0 Å². The van der Waals surface area contributed by atoms with Crippen LogP contribution in [-0.4, -0.2) is 6.04 Å². The summed E-state index contributed by atoms with van der Waals surface area (Å²) in [4.78, 5) is 0. The van der Waals surface area contributed by atoms with Crippen LogP contribution in [0.5, 0.6) is 0 Å². The maximum atomic E-state index is 13.7. The molecule has 0 bridgehead atoms. The molecule has 2 aromatic rings. The predicted octanol–water partition coefficient (Wildman–Crippen LogP) is 2.93. The summed E-state index contributed by atoms with van der Waals surface area (Å²) in [5.41, 5.74) is 7.75. The summed E-state index contributed by atoms with van der Waals surface area (Å²) in [6.45, 7) is 0. The Kier molecular flexibility index (Phi) is 4.32. The summed E-state index contributed by atoms with van der Waals surface area (Å²) < 4.78 is 13.7. The number of nitrogens with two attached hydrogens (primary N) is 1. The van der Waals surface area contributed by atoms with Crippen molar-refractivity contribution in [2.45, 2.75) is 38.1 Å². The van der Waals surface area contributed by atoms with Crippen LogP contribution in [0.3, 0.4) is 0 Å². The third-order valence-corrected chi connectivity index (χ3v) is 4.30. The second-order valence-electron chi connectivity index (χ2n) is 5.82. The Morgan fingerprint density at radius 2 is 1.86 bits per heavy atom. The van der Waals surface area contributed by atoms with E-state index in [0.29, 0.717) is 12.0 Å². The van der Waals surface area contributed by atoms with E-state index in [-0.39, 0.29) is 11.9 Å². The molecule has 1 unspecified atom stereocenters. The number of hydrogen-bond acceptors (Lipinski definition) is 2. The molecular weight excluding hydrogens is 263 g/mol. The molecule has 21 heavy (non-hydrogen) atoms. The third kappa shape index (κ3) is 3.31. The van der Waals surface area contributed by atoms with Gasteiger partial charge < -0.3 is 0 Å². The lowest BCUT2D eigenvalue weighted by molar-refractivity contribution is 0.506. The first-order valence-corrected chi connectivity index (χ1v) is 7.56. The number of aryl methyl sites for hydroxylation is 2. The van der Waals surface area contributed by atoms with Gasteiger partial charge in [-0.25, -0.2) is 4.39 Å². The maximum Gasteiger partial charge on any atom is 0.126 e. The van der Waals surface area contributed by atoms with E-state index in [9.17, 15) is 4.39 Å². The Morgan fingerprint density at radius 1 is 1.05 bits per heavy atom. The topological polar surface area (TPSA) is 38.0 Å². The third-order valence-electron chi connectivity index (χ3n) is 4.30. The zero-order valence-electron chi connectivity index (χ0n) is 12.1. The molecule has 0 heterocycles. The van der Waals surface area contributed by atoms with E-state index >= 15 is 0 Å². The molecule has 0 fully saturated rings. The van der Waals surface area contributed by atoms with E-state index in [2.05, 4.69) is 23.6 Å². The Labute approximate surface area is 125 Å². The van der Waals surface area contributed by atoms with Gasteiger partial charge in [-0.05, 0) is 60.4 Å². The van der Waals surface area contributed by atoms with E-state index in [1.165, 1.54) is 42.0 Å². The van der Waals surface area contributed by atoms with Crippen molar-refractivity contribution < 1.29 is 4.39 Å². The zero-order chi connectivity index (χ0) is 14.7. The molecule has 0 aliphatic heterocycles. The number of hydrogen-bond donors (Lipinski definition) is 2. The molecule has 0 saturated heterocycles. The normalized spacial score (nSPS) is 15.0. The predicted molar refractivity (Wildman–Crippen MR) is 83.4 cm³/mol. The van der Waals surface area contributed by atoms with E-state index < -0.39 is 0 Å². The lowest BCUT2D eigenvalue weighted by Gasteiger charge is -2.17. The monoisotopic (exact) mass is 284 g/mol. The van der Waals surface area contributed by atoms with Gasteiger partial charge in [0.1, 0.15) is 5.82 Å². The number of fused-ring (bicyclic) bond motifs is 1. The number of halogens is 1. The van der Waals surface area contributed by atoms with Crippen LogP contribution in [0.15, 0.2) is 42.5 Å². The summed E-state index contributed by atoms with van der Waals surface area (Å²) in [5, 5.41) is 0. The van der Waals surface area contributed by atoms with Crippen molar-refractivity contribution in [3.05, 3.63) is 70.5 Å². The standard InChI is InChI=1S/C18H21FN2/c19-18-7-2-1-4-16(18)12-17(21-20)11-13-8-9-14-5-3-6-15(14)10-13/h1-2,4,7-10,17,21H,3,5-6,11-12,20H2. The highest BCUT2D eigenvalue weighted by Crippen LogP contribution is 2.23. The lowest BCUT2D eigenvalue weighted by Crippen LogP contribution is -2.38. The Morgan fingerprint density at radius 3 is 2.67 bits per heavy atom. The van der Waals surface area contributed by atoms with E-state index in [1.807, 2.05) is 12.1 Å². The first-order valence-electron chi connectivity index (χ1n) is 7.56. The van der Waals surface area contributed by atoms with Crippen LogP contribution in [-0.2, 0) is 25.7 Å². The molecule has 1 atom stereocenters. The molecule has 0 aromatic heterocycles. The molecule has 3 heteroatoms. The van der Waals surface area contributed by atoms with Gasteiger partial charge in [0, 0.05) is 6.04 Å². The Balaban J connectivity index is 1.71. The number of hydrazine groups is 1. The minimum atomic E-state index is -0.160. The van der Waals surface area contributed by atoms with Crippen molar-refractivity contribution in [2.24, 2.45) is 5.84 Å². The maximum absolute atomic E-state index is 13.7. The molecule has 110 valence electrons. The van der Waals surface area contributed by atoms with Crippen LogP contribution in [0.4, 0.5) is 4.39 Å². The molecule has 2 nitrogen and oxygen atoms in total. The molecule has 0 radical (unpaired) electrons. The van der Waals surface area contributed by atoms with E-state index in [4.69, 9.17) is 5.84 Å². The van der Waals surface area contributed by atoms with Crippen LogP contribution in [0.25, 0.3) is 0 Å². The molecule has 1 aliphatic rings. The second-order valence-corrected chi connectivity index (χ2v) is 5.82. The Bertz CT molecular complexity index is 624.